The largest absolute Gasteiger partial charge is 0.378 e. The molecule has 1 unspecified atom stereocenters. The van der Waals surface area contributed by atoms with E-state index in [2.05, 4.69) is 15.3 Å². The van der Waals surface area contributed by atoms with Gasteiger partial charge in [0.1, 0.15) is 17.3 Å². The van der Waals surface area contributed by atoms with Gasteiger partial charge in [-0.15, -0.1) is 0 Å². The van der Waals surface area contributed by atoms with Crippen LogP contribution in [0.15, 0.2) is 12.4 Å². The van der Waals surface area contributed by atoms with Crippen LogP contribution in [0.4, 0.5) is 5.82 Å². The fraction of sp³-hybridized carbons (Fsp3) is 0.545. The summed E-state index contributed by atoms with van der Waals surface area (Å²) in [5.74, 6) is 0.359. The Labute approximate surface area is 105 Å². The second-order valence-electron chi connectivity index (χ2n) is 3.95. The summed E-state index contributed by atoms with van der Waals surface area (Å²) in [6.07, 6.45) is 4.88. The Morgan fingerprint density at radius 1 is 1.59 bits per heavy atom. The monoisotopic (exact) mass is 255 g/mol. The minimum absolute atomic E-state index is 0.0738. The standard InChI is InChI=1S/C11H14ClN3O2/c12-9-6-10(14-7-13-9)15-11(16)4-3-8-2-1-5-17-8/h6-8H,1-5H2,(H,13,14,15,16). The first-order chi connectivity index (χ1) is 8.24. The van der Waals surface area contributed by atoms with Crippen molar-refractivity contribution in [2.45, 2.75) is 31.8 Å². The Kier molecular flexibility index (Phi) is 4.28. The highest BCUT2D eigenvalue weighted by atomic mass is 35.5. The minimum atomic E-state index is -0.0738. The van der Waals surface area contributed by atoms with E-state index in [1.165, 1.54) is 12.4 Å². The summed E-state index contributed by atoms with van der Waals surface area (Å²) >= 11 is 5.69. The van der Waals surface area contributed by atoms with Crippen molar-refractivity contribution in [2.24, 2.45) is 0 Å². The van der Waals surface area contributed by atoms with Gasteiger partial charge in [-0.05, 0) is 19.3 Å². The smallest absolute Gasteiger partial charge is 0.225 e. The van der Waals surface area contributed by atoms with E-state index in [1.54, 1.807) is 0 Å². The van der Waals surface area contributed by atoms with Crippen LogP contribution in [0.1, 0.15) is 25.7 Å². The first-order valence-corrected chi connectivity index (χ1v) is 6.01. The molecule has 2 rings (SSSR count). The van der Waals surface area contributed by atoms with Gasteiger partial charge in [-0.25, -0.2) is 9.97 Å². The van der Waals surface area contributed by atoms with Gasteiger partial charge in [0, 0.05) is 19.1 Å². The number of rotatable bonds is 4. The molecule has 1 aromatic heterocycles. The number of nitrogens with zero attached hydrogens (tertiary/aromatic N) is 2. The maximum Gasteiger partial charge on any atom is 0.225 e. The average Bonchev–Trinajstić information content (AvgIpc) is 2.79. The molecule has 1 fully saturated rings. The van der Waals surface area contributed by atoms with E-state index in [0.29, 0.717) is 17.4 Å². The molecular formula is C11H14ClN3O2. The molecule has 6 heteroatoms. The summed E-state index contributed by atoms with van der Waals surface area (Å²) in [4.78, 5) is 19.3. The molecule has 2 heterocycles. The number of anilines is 1. The number of hydrogen-bond donors (Lipinski definition) is 1. The molecule has 17 heavy (non-hydrogen) atoms. The molecule has 0 aromatic carbocycles. The van der Waals surface area contributed by atoms with Crippen molar-refractivity contribution in [1.82, 2.24) is 9.97 Å². The lowest BCUT2D eigenvalue weighted by atomic mass is 10.1. The predicted molar refractivity (Wildman–Crippen MR) is 63.9 cm³/mol. The molecule has 92 valence electrons. The number of nitrogens with one attached hydrogen (secondary N) is 1. The van der Waals surface area contributed by atoms with E-state index in [0.717, 1.165) is 25.9 Å². The van der Waals surface area contributed by atoms with Gasteiger partial charge in [0.15, 0.2) is 0 Å². The summed E-state index contributed by atoms with van der Waals surface area (Å²) in [6, 6.07) is 1.52. The van der Waals surface area contributed by atoms with Gasteiger partial charge in [-0.2, -0.15) is 0 Å². The van der Waals surface area contributed by atoms with Gasteiger partial charge in [0.25, 0.3) is 0 Å². The van der Waals surface area contributed by atoms with Crippen molar-refractivity contribution in [3.05, 3.63) is 17.5 Å². The van der Waals surface area contributed by atoms with Crippen LogP contribution in [0.3, 0.4) is 0 Å². The molecule has 1 saturated heterocycles. The number of carbonyl (C=O) groups is 1. The topological polar surface area (TPSA) is 64.1 Å². The normalized spacial score (nSPS) is 19.2. The van der Waals surface area contributed by atoms with Crippen molar-refractivity contribution in [2.75, 3.05) is 11.9 Å². The fourth-order valence-electron chi connectivity index (χ4n) is 1.77. The van der Waals surface area contributed by atoms with E-state index in [-0.39, 0.29) is 12.0 Å². The lowest BCUT2D eigenvalue weighted by Gasteiger charge is -2.08. The summed E-state index contributed by atoms with van der Waals surface area (Å²) in [7, 11) is 0. The van der Waals surface area contributed by atoms with Crippen LogP contribution >= 0.6 is 11.6 Å². The molecule has 1 aromatic rings. The van der Waals surface area contributed by atoms with E-state index < -0.39 is 0 Å². The fourth-order valence-corrected chi connectivity index (χ4v) is 1.92. The Morgan fingerprint density at radius 3 is 3.18 bits per heavy atom. The van der Waals surface area contributed by atoms with Crippen LogP contribution in [0.5, 0.6) is 0 Å². The molecule has 1 aliphatic rings. The Bertz CT molecular complexity index is 394. The number of amides is 1. The molecule has 1 atom stereocenters. The summed E-state index contributed by atoms with van der Waals surface area (Å²) in [6.45, 7) is 0.813. The molecule has 1 amide bonds. The first-order valence-electron chi connectivity index (χ1n) is 5.63. The predicted octanol–water partition coefficient (Wildman–Crippen LogP) is 2.03. The van der Waals surface area contributed by atoms with Crippen LogP contribution in [-0.2, 0) is 9.53 Å². The number of hydrogen-bond acceptors (Lipinski definition) is 4. The lowest BCUT2D eigenvalue weighted by Crippen LogP contribution is -2.16. The van der Waals surface area contributed by atoms with Gasteiger partial charge in [0.05, 0.1) is 6.10 Å². The summed E-state index contributed by atoms with van der Waals surface area (Å²) in [5.41, 5.74) is 0. The Hall–Kier alpha value is -1.20. The number of carbonyl (C=O) groups excluding carboxylic acids is 1. The molecule has 0 saturated carbocycles. The molecular weight excluding hydrogens is 242 g/mol. The first kappa shape index (κ1) is 12.3. The molecule has 1 aliphatic heterocycles. The van der Waals surface area contributed by atoms with Crippen LogP contribution in [-0.4, -0.2) is 28.6 Å². The van der Waals surface area contributed by atoms with Gasteiger partial charge in [-0.1, -0.05) is 11.6 Å². The second kappa shape index (κ2) is 5.93. The zero-order valence-corrected chi connectivity index (χ0v) is 10.1. The average molecular weight is 256 g/mol. The highest BCUT2D eigenvalue weighted by Crippen LogP contribution is 2.17. The summed E-state index contributed by atoms with van der Waals surface area (Å²) < 4.78 is 5.45. The van der Waals surface area contributed by atoms with E-state index in [1.807, 2.05) is 0 Å². The number of halogens is 1. The zero-order chi connectivity index (χ0) is 12.1. The molecule has 0 bridgehead atoms. The minimum Gasteiger partial charge on any atom is -0.378 e. The zero-order valence-electron chi connectivity index (χ0n) is 9.36. The van der Waals surface area contributed by atoms with Crippen molar-refractivity contribution in [1.29, 1.82) is 0 Å². The van der Waals surface area contributed by atoms with Crippen LogP contribution in [0, 0.1) is 0 Å². The van der Waals surface area contributed by atoms with Gasteiger partial charge in [0.2, 0.25) is 5.91 Å². The molecule has 0 spiro atoms. The van der Waals surface area contributed by atoms with Crippen LogP contribution < -0.4 is 5.32 Å². The summed E-state index contributed by atoms with van der Waals surface area (Å²) in [5, 5.41) is 2.99. The quantitative estimate of drug-likeness (QED) is 0.836. The molecule has 1 N–H and O–H groups in total. The second-order valence-corrected chi connectivity index (χ2v) is 4.34. The van der Waals surface area contributed by atoms with Crippen molar-refractivity contribution < 1.29 is 9.53 Å². The van der Waals surface area contributed by atoms with E-state index >= 15 is 0 Å². The third-order valence-electron chi connectivity index (χ3n) is 2.62. The number of ether oxygens (including phenoxy) is 1. The maximum atomic E-state index is 11.6. The Balaban J connectivity index is 1.76. The Morgan fingerprint density at radius 2 is 2.47 bits per heavy atom. The van der Waals surface area contributed by atoms with Crippen molar-refractivity contribution in [3.63, 3.8) is 0 Å². The van der Waals surface area contributed by atoms with Crippen molar-refractivity contribution >= 4 is 23.3 Å². The SMILES string of the molecule is O=C(CCC1CCCO1)Nc1cc(Cl)ncn1. The van der Waals surface area contributed by atoms with Crippen LogP contribution in [0.25, 0.3) is 0 Å². The molecule has 5 nitrogen and oxygen atoms in total. The van der Waals surface area contributed by atoms with Crippen molar-refractivity contribution in [3.8, 4) is 0 Å². The highest BCUT2D eigenvalue weighted by molar-refractivity contribution is 6.29. The molecule has 0 aliphatic carbocycles. The van der Waals surface area contributed by atoms with E-state index in [4.69, 9.17) is 16.3 Å². The van der Waals surface area contributed by atoms with Crippen LogP contribution in [0.2, 0.25) is 5.15 Å². The highest BCUT2D eigenvalue weighted by Gasteiger charge is 2.16. The van der Waals surface area contributed by atoms with Gasteiger partial charge >= 0.3 is 0 Å². The van der Waals surface area contributed by atoms with E-state index in [9.17, 15) is 4.79 Å². The van der Waals surface area contributed by atoms with Gasteiger partial charge in [-0.3, -0.25) is 4.79 Å². The van der Waals surface area contributed by atoms with Gasteiger partial charge < -0.3 is 10.1 Å². The maximum absolute atomic E-state index is 11.6. The molecule has 0 radical (unpaired) electrons. The lowest BCUT2D eigenvalue weighted by molar-refractivity contribution is -0.116. The third kappa shape index (κ3) is 3.94. The third-order valence-corrected chi connectivity index (χ3v) is 2.83. The number of aromatic nitrogens is 2.